The smallest absolute Gasteiger partial charge is 0.209 e. The van der Waals surface area contributed by atoms with Crippen molar-refractivity contribution in [1.29, 1.82) is 0 Å². The molecule has 0 aliphatic carbocycles. The zero-order valence-electron chi connectivity index (χ0n) is 7.89. The Morgan fingerprint density at radius 2 is 2.38 bits per heavy atom. The van der Waals surface area contributed by atoms with E-state index < -0.39 is 0 Å². The third kappa shape index (κ3) is 2.51. The normalized spacial score (nSPS) is 12.8. The number of aryl methyl sites for hydroxylation is 1. The van der Waals surface area contributed by atoms with Crippen LogP contribution in [-0.2, 0) is 11.8 Å². The Hall–Kier alpha value is -0.910. The molecule has 1 heterocycles. The number of hydrogen-bond donors (Lipinski definition) is 0. The fourth-order valence-electron chi connectivity index (χ4n) is 0.832. The van der Waals surface area contributed by atoms with Crippen LogP contribution < -0.4 is 0 Å². The summed E-state index contributed by atoms with van der Waals surface area (Å²) in [5.74, 6) is 0.216. The van der Waals surface area contributed by atoms with Crippen LogP contribution in [0.2, 0.25) is 0 Å². The Kier molecular flexibility index (Phi) is 3.41. The average molecular weight is 200 g/mol. The van der Waals surface area contributed by atoms with Gasteiger partial charge in [0.15, 0.2) is 0 Å². The third-order valence-electron chi connectivity index (χ3n) is 1.67. The second-order valence-electron chi connectivity index (χ2n) is 2.67. The van der Waals surface area contributed by atoms with Crippen LogP contribution in [-0.4, -0.2) is 31.2 Å². The highest BCUT2D eigenvalue weighted by atomic mass is 32.2. The summed E-state index contributed by atoms with van der Waals surface area (Å²) in [5.41, 5.74) is 0. The minimum absolute atomic E-state index is 0.0744. The van der Waals surface area contributed by atoms with E-state index in [1.54, 1.807) is 11.7 Å². The molecule has 1 atom stereocenters. The van der Waals surface area contributed by atoms with Gasteiger partial charge in [-0.15, -0.1) is 5.10 Å². The molecule has 0 aromatic carbocycles. The first-order valence-electron chi connectivity index (χ1n) is 4.07. The zero-order valence-corrected chi connectivity index (χ0v) is 8.71. The van der Waals surface area contributed by atoms with Crippen LogP contribution in [0.4, 0.5) is 0 Å². The van der Waals surface area contributed by atoms with Crippen molar-refractivity contribution in [3.8, 4) is 0 Å². The van der Waals surface area contributed by atoms with E-state index >= 15 is 0 Å². The van der Waals surface area contributed by atoms with Gasteiger partial charge in [0.2, 0.25) is 5.16 Å². The Morgan fingerprint density at radius 3 is 2.85 bits per heavy atom. The summed E-state index contributed by atoms with van der Waals surface area (Å²) in [6, 6.07) is 0. The second kappa shape index (κ2) is 4.36. The van der Waals surface area contributed by atoms with Gasteiger partial charge in [0.05, 0.1) is 5.25 Å². The fourth-order valence-corrected chi connectivity index (χ4v) is 1.72. The Balaban J connectivity index is 2.59. The monoisotopic (exact) mass is 200 g/mol. The molecule has 0 aliphatic heterocycles. The van der Waals surface area contributed by atoms with Gasteiger partial charge in [0.25, 0.3) is 0 Å². The van der Waals surface area contributed by atoms with Crippen molar-refractivity contribution in [2.75, 3.05) is 0 Å². The molecule has 0 radical (unpaired) electrons. The fraction of sp³-hybridized carbons (Fsp3) is 0.714. The SMILES string of the molecule is CCC(=O)C(C)Sc1nnnn1C. The van der Waals surface area contributed by atoms with Crippen LogP contribution in [0.15, 0.2) is 5.16 Å². The number of thioether (sulfide) groups is 1. The molecule has 5 nitrogen and oxygen atoms in total. The van der Waals surface area contributed by atoms with Gasteiger partial charge >= 0.3 is 0 Å². The number of ketones is 1. The summed E-state index contributed by atoms with van der Waals surface area (Å²) in [4.78, 5) is 11.3. The predicted molar refractivity (Wildman–Crippen MR) is 49.4 cm³/mol. The van der Waals surface area contributed by atoms with Gasteiger partial charge in [0, 0.05) is 13.5 Å². The number of nitrogens with zero attached hydrogens (tertiary/aromatic N) is 4. The lowest BCUT2D eigenvalue weighted by Gasteiger charge is -2.05. The maximum atomic E-state index is 11.3. The van der Waals surface area contributed by atoms with E-state index in [0.717, 1.165) is 0 Å². The van der Waals surface area contributed by atoms with Gasteiger partial charge in [-0.2, -0.15) is 0 Å². The summed E-state index contributed by atoms with van der Waals surface area (Å²) >= 11 is 1.39. The highest BCUT2D eigenvalue weighted by molar-refractivity contribution is 8.00. The quantitative estimate of drug-likeness (QED) is 0.668. The van der Waals surface area contributed by atoms with Crippen molar-refractivity contribution < 1.29 is 4.79 Å². The van der Waals surface area contributed by atoms with Gasteiger partial charge in [-0.1, -0.05) is 18.7 Å². The van der Waals surface area contributed by atoms with Crippen LogP contribution in [0.3, 0.4) is 0 Å². The minimum atomic E-state index is -0.0744. The molecule has 0 saturated carbocycles. The Morgan fingerprint density at radius 1 is 1.69 bits per heavy atom. The average Bonchev–Trinajstić information content (AvgIpc) is 2.50. The van der Waals surface area contributed by atoms with Crippen LogP contribution in [0.5, 0.6) is 0 Å². The molecule has 1 aromatic rings. The molecule has 0 spiro atoms. The topological polar surface area (TPSA) is 60.7 Å². The molecular weight excluding hydrogens is 188 g/mol. The number of hydrogen-bond acceptors (Lipinski definition) is 5. The zero-order chi connectivity index (χ0) is 9.84. The molecule has 0 amide bonds. The first-order chi connectivity index (χ1) is 6.15. The van der Waals surface area contributed by atoms with Crippen LogP contribution >= 0.6 is 11.8 Å². The molecule has 13 heavy (non-hydrogen) atoms. The van der Waals surface area contributed by atoms with Crippen LogP contribution in [0, 0.1) is 0 Å². The van der Waals surface area contributed by atoms with Crippen molar-refractivity contribution in [2.24, 2.45) is 7.05 Å². The molecule has 1 unspecified atom stereocenters. The number of aromatic nitrogens is 4. The van der Waals surface area contributed by atoms with Gasteiger partial charge in [-0.05, 0) is 17.4 Å². The van der Waals surface area contributed by atoms with Gasteiger partial charge in [-0.25, -0.2) is 4.68 Å². The molecule has 0 aliphatic rings. The lowest BCUT2D eigenvalue weighted by Crippen LogP contribution is -2.12. The number of rotatable bonds is 4. The molecule has 1 aromatic heterocycles. The number of carbonyl (C=O) groups is 1. The summed E-state index contributed by atoms with van der Waals surface area (Å²) in [6.07, 6.45) is 0.555. The third-order valence-corrected chi connectivity index (χ3v) is 2.84. The minimum Gasteiger partial charge on any atom is -0.298 e. The van der Waals surface area contributed by atoms with Crippen LogP contribution in [0.25, 0.3) is 0 Å². The van der Waals surface area contributed by atoms with E-state index in [9.17, 15) is 4.79 Å². The van der Waals surface area contributed by atoms with Crippen molar-refractivity contribution in [1.82, 2.24) is 20.2 Å². The first kappa shape index (κ1) is 10.2. The second-order valence-corrected chi connectivity index (χ2v) is 3.97. The van der Waals surface area contributed by atoms with Crippen molar-refractivity contribution in [3.05, 3.63) is 0 Å². The van der Waals surface area contributed by atoms with E-state index in [-0.39, 0.29) is 11.0 Å². The largest absolute Gasteiger partial charge is 0.298 e. The van der Waals surface area contributed by atoms with E-state index in [1.807, 2.05) is 13.8 Å². The van der Waals surface area contributed by atoms with Crippen molar-refractivity contribution in [3.63, 3.8) is 0 Å². The Bertz CT molecular complexity index is 298. The summed E-state index contributed by atoms with van der Waals surface area (Å²) in [7, 11) is 1.76. The summed E-state index contributed by atoms with van der Waals surface area (Å²) in [5, 5.41) is 11.6. The number of Topliss-reactive ketones (excluding diaryl/α,β-unsaturated/α-hetero) is 1. The molecule has 72 valence electrons. The maximum absolute atomic E-state index is 11.3. The summed E-state index contributed by atoms with van der Waals surface area (Å²) < 4.78 is 1.56. The van der Waals surface area contributed by atoms with Crippen molar-refractivity contribution >= 4 is 17.5 Å². The lowest BCUT2D eigenvalue weighted by atomic mass is 10.2. The predicted octanol–water partition coefficient (Wildman–Crippen LogP) is 0.670. The van der Waals surface area contributed by atoms with E-state index in [4.69, 9.17) is 0 Å². The standard InChI is InChI=1S/C7H12N4OS/c1-4-6(12)5(2)13-7-8-9-10-11(7)3/h5H,4H2,1-3H3. The van der Waals surface area contributed by atoms with Crippen molar-refractivity contribution in [2.45, 2.75) is 30.7 Å². The van der Waals surface area contributed by atoms with E-state index in [0.29, 0.717) is 11.6 Å². The molecule has 0 fully saturated rings. The summed E-state index contributed by atoms with van der Waals surface area (Å²) in [6.45, 7) is 3.72. The molecular formula is C7H12N4OS. The molecule has 1 rings (SSSR count). The molecule has 0 saturated heterocycles. The number of carbonyl (C=O) groups excluding carboxylic acids is 1. The maximum Gasteiger partial charge on any atom is 0.209 e. The first-order valence-corrected chi connectivity index (χ1v) is 4.94. The molecule has 0 bridgehead atoms. The van der Waals surface area contributed by atoms with Gasteiger partial charge in [0.1, 0.15) is 5.78 Å². The molecule has 6 heteroatoms. The van der Waals surface area contributed by atoms with Gasteiger partial charge < -0.3 is 0 Å². The Labute approximate surface area is 80.9 Å². The lowest BCUT2D eigenvalue weighted by molar-refractivity contribution is -0.118. The van der Waals surface area contributed by atoms with E-state index in [2.05, 4.69) is 15.5 Å². The molecule has 0 N–H and O–H groups in total. The highest BCUT2D eigenvalue weighted by Crippen LogP contribution is 2.20. The van der Waals surface area contributed by atoms with Crippen LogP contribution in [0.1, 0.15) is 20.3 Å². The van der Waals surface area contributed by atoms with E-state index in [1.165, 1.54) is 11.8 Å². The number of tetrazole rings is 1. The van der Waals surface area contributed by atoms with Gasteiger partial charge in [-0.3, -0.25) is 4.79 Å². The highest BCUT2D eigenvalue weighted by Gasteiger charge is 2.15.